The number of carbonyl (C=O) groups excluding carboxylic acids is 2. The zero-order valence-corrected chi connectivity index (χ0v) is 16.4. The molecule has 0 bridgehead atoms. The molecule has 0 aliphatic rings. The van der Waals surface area contributed by atoms with E-state index in [9.17, 15) is 9.59 Å². The molecule has 0 fully saturated rings. The molecule has 29 heavy (non-hydrogen) atoms. The summed E-state index contributed by atoms with van der Waals surface area (Å²) in [6.45, 7) is 1.83. The molecular formula is C23H21NO5. The van der Waals surface area contributed by atoms with Gasteiger partial charge in [0.15, 0.2) is 0 Å². The molecular weight excluding hydrogens is 370 g/mol. The van der Waals surface area contributed by atoms with Gasteiger partial charge in [0.05, 0.1) is 19.8 Å². The van der Waals surface area contributed by atoms with Gasteiger partial charge in [-0.1, -0.05) is 0 Å². The van der Waals surface area contributed by atoms with Gasteiger partial charge in [0.2, 0.25) is 0 Å². The summed E-state index contributed by atoms with van der Waals surface area (Å²) in [6, 6.07) is 18.5. The molecule has 1 amide bonds. The lowest BCUT2D eigenvalue weighted by Crippen LogP contribution is -2.13. The third-order valence-corrected chi connectivity index (χ3v) is 4.33. The lowest BCUT2D eigenvalue weighted by Gasteiger charge is -2.11. The van der Waals surface area contributed by atoms with Crippen molar-refractivity contribution in [1.29, 1.82) is 0 Å². The van der Waals surface area contributed by atoms with Gasteiger partial charge < -0.3 is 19.5 Å². The first kappa shape index (κ1) is 19.9. The number of aryl methyl sites for hydroxylation is 1. The van der Waals surface area contributed by atoms with Gasteiger partial charge in [0.25, 0.3) is 5.91 Å². The van der Waals surface area contributed by atoms with Crippen LogP contribution in [0.3, 0.4) is 0 Å². The van der Waals surface area contributed by atoms with Gasteiger partial charge in [-0.15, -0.1) is 0 Å². The Morgan fingerprint density at radius 1 is 0.724 bits per heavy atom. The molecule has 0 radical (unpaired) electrons. The van der Waals surface area contributed by atoms with Crippen molar-refractivity contribution < 1.29 is 23.8 Å². The topological polar surface area (TPSA) is 73.9 Å². The van der Waals surface area contributed by atoms with E-state index < -0.39 is 5.97 Å². The van der Waals surface area contributed by atoms with E-state index in [4.69, 9.17) is 14.2 Å². The SMILES string of the molecule is COc1ccc(C(=O)Nc2ccc(OC(=O)c3ccc(OC)cc3)cc2C)cc1. The largest absolute Gasteiger partial charge is 0.497 e. The van der Waals surface area contributed by atoms with Crippen molar-refractivity contribution >= 4 is 17.6 Å². The van der Waals surface area contributed by atoms with Crippen LogP contribution in [0.1, 0.15) is 26.3 Å². The molecule has 0 saturated heterocycles. The minimum Gasteiger partial charge on any atom is -0.497 e. The first-order valence-corrected chi connectivity index (χ1v) is 8.92. The van der Waals surface area contributed by atoms with Crippen LogP contribution in [-0.2, 0) is 0 Å². The normalized spacial score (nSPS) is 10.2. The number of methoxy groups -OCH3 is 2. The van der Waals surface area contributed by atoms with Gasteiger partial charge in [0, 0.05) is 11.3 Å². The fraction of sp³-hybridized carbons (Fsp3) is 0.130. The van der Waals surface area contributed by atoms with Crippen LogP contribution in [0.2, 0.25) is 0 Å². The Morgan fingerprint density at radius 3 is 1.76 bits per heavy atom. The highest BCUT2D eigenvalue weighted by Crippen LogP contribution is 2.23. The summed E-state index contributed by atoms with van der Waals surface area (Å²) in [5.41, 5.74) is 2.34. The molecule has 3 aromatic rings. The lowest BCUT2D eigenvalue weighted by atomic mass is 10.1. The van der Waals surface area contributed by atoms with Gasteiger partial charge in [-0.3, -0.25) is 4.79 Å². The number of hydrogen-bond acceptors (Lipinski definition) is 5. The number of amides is 1. The van der Waals surface area contributed by atoms with Crippen molar-refractivity contribution in [2.24, 2.45) is 0 Å². The van der Waals surface area contributed by atoms with Crippen LogP contribution < -0.4 is 19.5 Å². The standard InChI is InChI=1S/C23H21NO5/c1-15-14-20(29-23(26)17-6-10-19(28-3)11-7-17)12-13-21(15)24-22(25)16-4-8-18(27-2)9-5-16/h4-14H,1-3H3,(H,24,25). The number of benzene rings is 3. The second-order valence-corrected chi connectivity index (χ2v) is 6.28. The van der Waals surface area contributed by atoms with Gasteiger partial charge in [-0.25, -0.2) is 4.79 Å². The van der Waals surface area contributed by atoms with Crippen LogP contribution in [0, 0.1) is 6.92 Å². The number of carbonyl (C=O) groups is 2. The average molecular weight is 391 g/mol. The van der Waals surface area contributed by atoms with Crippen molar-refractivity contribution in [3.8, 4) is 17.2 Å². The molecule has 0 spiro atoms. The summed E-state index contributed by atoms with van der Waals surface area (Å²) < 4.78 is 15.6. The highest BCUT2D eigenvalue weighted by Gasteiger charge is 2.12. The first-order valence-electron chi connectivity index (χ1n) is 8.92. The Bertz CT molecular complexity index is 1010. The molecule has 0 aromatic heterocycles. The van der Waals surface area contributed by atoms with Crippen LogP contribution >= 0.6 is 0 Å². The smallest absolute Gasteiger partial charge is 0.343 e. The highest BCUT2D eigenvalue weighted by atomic mass is 16.5. The number of nitrogens with one attached hydrogen (secondary N) is 1. The summed E-state index contributed by atoms with van der Waals surface area (Å²) >= 11 is 0. The fourth-order valence-corrected chi connectivity index (χ4v) is 2.67. The molecule has 0 aliphatic carbocycles. The second kappa shape index (κ2) is 8.93. The number of anilines is 1. The molecule has 148 valence electrons. The minimum atomic E-state index is -0.470. The van der Waals surface area contributed by atoms with Crippen LogP contribution in [0.25, 0.3) is 0 Å². The van der Waals surface area contributed by atoms with Crippen molar-refractivity contribution in [3.05, 3.63) is 83.4 Å². The summed E-state index contributed by atoms with van der Waals surface area (Å²) in [5, 5.41) is 2.85. The number of ether oxygens (including phenoxy) is 3. The summed E-state index contributed by atoms with van der Waals surface area (Å²) in [7, 11) is 3.13. The van der Waals surface area contributed by atoms with Gasteiger partial charge >= 0.3 is 5.97 Å². The first-order chi connectivity index (χ1) is 14.0. The maximum Gasteiger partial charge on any atom is 0.343 e. The Hall–Kier alpha value is -3.80. The van der Waals surface area contributed by atoms with E-state index in [0.29, 0.717) is 34.1 Å². The van der Waals surface area contributed by atoms with Crippen LogP contribution in [0.4, 0.5) is 5.69 Å². The van der Waals surface area contributed by atoms with E-state index in [0.717, 1.165) is 5.56 Å². The Balaban J connectivity index is 1.67. The maximum atomic E-state index is 12.4. The predicted octanol–water partition coefficient (Wildman–Crippen LogP) is 4.48. The van der Waals surface area contributed by atoms with Crippen LogP contribution in [-0.4, -0.2) is 26.1 Å². The molecule has 0 aliphatic heterocycles. The van der Waals surface area contributed by atoms with Crippen molar-refractivity contribution in [1.82, 2.24) is 0 Å². The van der Waals surface area contributed by atoms with Crippen molar-refractivity contribution in [2.75, 3.05) is 19.5 Å². The molecule has 0 saturated carbocycles. The van der Waals surface area contributed by atoms with E-state index in [1.54, 1.807) is 80.9 Å². The van der Waals surface area contributed by atoms with Gasteiger partial charge in [-0.05, 0) is 79.2 Å². The summed E-state index contributed by atoms with van der Waals surface area (Å²) in [6.07, 6.45) is 0. The molecule has 6 heteroatoms. The Morgan fingerprint density at radius 2 is 1.24 bits per heavy atom. The summed E-state index contributed by atoms with van der Waals surface area (Å²) in [5.74, 6) is 1.03. The molecule has 0 atom stereocenters. The number of hydrogen-bond donors (Lipinski definition) is 1. The second-order valence-electron chi connectivity index (χ2n) is 6.28. The summed E-state index contributed by atoms with van der Waals surface area (Å²) in [4.78, 5) is 24.7. The number of esters is 1. The van der Waals surface area contributed by atoms with Crippen molar-refractivity contribution in [3.63, 3.8) is 0 Å². The quantitative estimate of drug-likeness (QED) is 0.495. The molecule has 3 aromatic carbocycles. The minimum absolute atomic E-state index is 0.237. The third kappa shape index (κ3) is 4.93. The highest BCUT2D eigenvalue weighted by molar-refractivity contribution is 6.04. The fourth-order valence-electron chi connectivity index (χ4n) is 2.67. The van der Waals surface area contributed by atoms with E-state index in [-0.39, 0.29) is 5.91 Å². The van der Waals surface area contributed by atoms with Crippen LogP contribution in [0.5, 0.6) is 17.2 Å². The molecule has 0 unspecified atom stereocenters. The third-order valence-electron chi connectivity index (χ3n) is 4.33. The van der Waals surface area contributed by atoms with Crippen molar-refractivity contribution in [2.45, 2.75) is 6.92 Å². The zero-order chi connectivity index (χ0) is 20.8. The Kier molecular flexibility index (Phi) is 6.14. The maximum absolute atomic E-state index is 12.4. The van der Waals surface area contributed by atoms with E-state index in [1.165, 1.54) is 0 Å². The average Bonchev–Trinajstić information content (AvgIpc) is 2.75. The van der Waals surface area contributed by atoms with Gasteiger partial charge in [0.1, 0.15) is 17.2 Å². The molecule has 0 heterocycles. The predicted molar refractivity (Wildman–Crippen MR) is 110 cm³/mol. The van der Waals surface area contributed by atoms with Crippen LogP contribution in [0.15, 0.2) is 66.7 Å². The van der Waals surface area contributed by atoms with E-state index in [2.05, 4.69) is 5.32 Å². The molecule has 3 rings (SSSR count). The van der Waals surface area contributed by atoms with E-state index >= 15 is 0 Å². The molecule has 1 N–H and O–H groups in total. The molecule has 6 nitrogen and oxygen atoms in total. The van der Waals surface area contributed by atoms with Gasteiger partial charge in [-0.2, -0.15) is 0 Å². The number of rotatable bonds is 6. The van der Waals surface area contributed by atoms with E-state index in [1.807, 2.05) is 6.92 Å². The zero-order valence-electron chi connectivity index (χ0n) is 16.4. The lowest BCUT2D eigenvalue weighted by molar-refractivity contribution is 0.0734. The Labute approximate surface area is 169 Å². The monoisotopic (exact) mass is 391 g/mol.